The van der Waals surface area contributed by atoms with Crippen molar-refractivity contribution in [3.05, 3.63) is 22.0 Å². The first-order chi connectivity index (χ1) is 9.47. The molecule has 0 aromatic carbocycles. The molecule has 0 aliphatic rings. The Balaban J connectivity index is 2.49. The number of carbonyl (C=O) groups excluding carboxylic acids is 2. The van der Waals surface area contributed by atoms with Crippen LogP contribution in [0.3, 0.4) is 0 Å². The average Bonchev–Trinajstić information content (AvgIpc) is 2.77. The van der Waals surface area contributed by atoms with Gasteiger partial charge in [0.25, 0.3) is 0 Å². The van der Waals surface area contributed by atoms with E-state index < -0.39 is 16.7 Å². The Morgan fingerprint density at radius 1 is 1.35 bits per heavy atom. The fourth-order valence-corrected chi connectivity index (χ4v) is 1.55. The second-order valence-corrected chi connectivity index (χ2v) is 4.12. The van der Waals surface area contributed by atoms with E-state index in [1.807, 2.05) is 6.92 Å². The molecule has 1 rings (SSSR count). The fourth-order valence-electron chi connectivity index (χ4n) is 1.55. The zero-order valence-electron chi connectivity index (χ0n) is 11.4. The van der Waals surface area contributed by atoms with Crippen LogP contribution >= 0.6 is 0 Å². The number of amides is 2. The van der Waals surface area contributed by atoms with Gasteiger partial charge < -0.3 is 20.7 Å². The Morgan fingerprint density at radius 2 is 1.95 bits per heavy atom. The lowest BCUT2D eigenvalue weighted by molar-refractivity contribution is -0.396. The van der Waals surface area contributed by atoms with E-state index in [9.17, 15) is 19.7 Å². The molecule has 0 spiro atoms. The molecule has 110 valence electrons. The third-order valence-electron chi connectivity index (χ3n) is 2.56. The molecule has 0 bridgehead atoms. The van der Waals surface area contributed by atoms with E-state index in [0.717, 1.165) is 6.42 Å². The minimum Gasteiger partial charge on any atom is -0.390 e. The lowest BCUT2D eigenvalue weighted by atomic mass is 10.4. The van der Waals surface area contributed by atoms with Crippen LogP contribution in [0.25, 0.3) is 0 Å². The van der Waals surface area contributed by atoms with Gasteiger partial charge in [0.1, 0.15) is 11.9 Å². The molecule has 9 nitrogen and oxygen atoms in total. The summed E-state index contributed by atoms with van der Waals surface area (Å²) >= 11 is 0. The standard InChI is InChI=1S/C11H17N5O4/c1-3-4-12-9(17)10(18)13-5-6-15-8(2)7-14-11(15)16(19)20/h7H,3-6H2,1-2H3,(H,12,17)(H,13,18). The van der Waals surface area contributed by atoms with Gasteiger partial charge in [0, 0.05) is 13.1 Å². The van der Waals surface area contributed by atoms with Crippen molar-refractivity contribution in [2.24, 2.45) is 0 Å². The van der Waals surface area contributed by atoms with Crippen LogP contribution in [-0.2, 0) is 16.1 Å². The number of nitrogens with zero attached hydrogens (tertiary/aromatic N) is 3. The maximum absolute atomic E-state index is 11.4. The van der Waals surface area contributed by atoms with Gasteiger partial charge >= 0.3 is 17.8 Å². The van der Waals surface area contributed by atoms with Crippen molar-refractivity contribution in [3.8, 4) is 0 Å². The molecule has 0 radical (unpaired) electrons. The summed E-state index contributed by atoms with van der Waals surface area (Å²) in [6, 6.07) is 0. The molecule has 2 N–H and O–H groups in total. The van der Waals surface area contributed by atoms with Gasteiger partial charge in [-0.1, -0.05) is 11.9 Å². The number of nitrogens with one attached hydrogen (secondary N) is 2. The van der Waals surface area contributed by atoms with Crippen molar-refractivity contribution < 1.29 is 14.5 Å². The molecule has 20 heavy (non-hydrogen) atoms. The third kappa shape index (κ3) is 4.04. The fraction of sp³-hybridized carbons (Fsp3) is 0.545. The minimum absolute atomic E-state index is 0.108. The molecule has 0 aliphatic carbocycles. The molecule has 0 unspecified atom stereocenters. The van der Waals surface area contributed by atoms with Gasteiger partial charge in [0.15, 0.2) is 0 Å². The topological polar surface area (TPSA) is 119 Å². The first kappa shape index (κ1) is 15.6. The van der Waals surface area contributed by atoms with Gasteiger partial charge in [-0.25, -0.2) is 4.57 Å². The van der Waals surface area contributed by atoms with Gasteiger partial charge in [-0.2, -0.15) is 0 Å². The Morgan fingerprint density at radius 3 is 2.50 bits per heavy atom. The Bertz CT molecular complexity index is 511. The summed E-state index contributed by atoms with van der Waals surface area (Å²) in [5.41, 5.74) is 0.612. The molecule has 9 heteroatoms. The highest BCUT2D eigenvalue weighted by molar-refractivity contribution is 6.35. The lowest BCUT2D eigenvalue weighted by Crippen LogP contribution is -2.41. The number of carbonyl (C=O) groups is 2. The largest absolute Gasteiger partial charge is 0.434 e. The van der Waals surface area contributed by atoms with Crippen molar-refractivity contribution in [3.63, 3.8) is 0 Å². The van der Waals surface area contributed by atoms with Crippen LogP contribution in [0.4, 0.5) is 5.95 Å². The SMILES string of the molecule is CCCNC(=O)C(=O)NCCn1c(C)cnc1[N+](=O)[O-]. The number of aryl methyl sites for hydroxylation is 1. The van der Waals surface area contributed by atoms with Gasteiger partial charge in [-0.15, -0.1) is 0 Å². The number of nitro groups is 1. The van der Waals surface area contributed by atoms with E-state index in [1.54, 1.807) is 6.92 Å². The number of hydrogen-bond donors (Lipinski definition) is 2. The number of rotatable bonds is 6. The predicted molar refractivity (Wildman–Crippen MR) is 69.9 cm³/mol. The summed E-state index contributed by atoms with van der Waals surface area (Å²) in [6.45, 7) is 4.26. The highest BCUT2D eigenvalue weighted by Crippen LogP contribution is 2.11. The van der Waals surface area contributed by atoms with Crippen molar-refractivity contribution >= 4 is 17.8 Å². The van der Waals surface area contributed by atoms with Crippen molar-refractivity contribution in [1.82, 2.24) is 20.2 Å². The van der Waals surface area contributed by atoms with Gasteiger partial charge in [0.05, 0.1) is 6.54 Å². The van der Waals surface area contributed by atoms with E-state index >= 15 is 0 Å². The zero-order chi connectivity index (χ0) is 15.1. The summed E-state index contributed by atoms with van der Waals surface area (Å²) < 4.78 is 1.37. The third-order valence-corrected chi connectivity index (χ3v) is 2.56. The van der Waals surface area contributed by atoms with Crippen molar-refractivity contribution in [2.75, 3.05) is 13.1 Å². The van der Waals surface area contributed by atoms with E-state index in [0.29, 0.717) is 12.2 Å². The Kier molecular flexibility index (Phi) is 5.63. The highest BCUT2D eigenvalue weighted by Gasteiger charge is 2.18. The normalized spacial score (nSPS) is 10.1. The first-order valence-corrected chi connectivity index (χ1v) is 6.20. The first-order valence-electron chi connectivity index (χ1n) is 6.20. The van der Waals surface area contributed by atoms with Crippen LogP contribution in [0, 0.1) is 17.0 Å². The molecule has 1 aromatic rings. The van der Waals surface area contributed by atoms with E-state index in [-0.39, 0.29) is 19.0 Å². The van der Waals surface area contributed by atoms with Gasteiger partial charge in [0.2, 0.25) is 0 Å². The van der Waals surface area contributed by atoms with Crippen LogP contribution in [0.15, 0.2) is 6.20 Å². The second-order valence-electron chi connectivity index (χ2n) is 4.12. The summed E-state index contributed by atoms with van der Waals surface area (Å²) in [5.74, 6) is -1.74. The molecule has 0 fully saturated rings. The summed E-state index contributed by atoms with van der Waals surface area (Å²) in [5, 5.41) is 15.6. The van der Waals surface area contributed by atoms with Crippen LogP contribution in [0.5, 0.6) is 0 Å². The molecule has 0 atom stereocenters. The lowest BCUT2D eigenvalue weighted by Gasteiger charge is -2.06. The zero-order valence-corrected chi connectivity index (χ0v) is 11.4. The van der Waals surface area contributed by atoms with E-state index in [1.165, 1.54) is 10.8 Å². The summed E-state index contributed by atoms with van der Waals surface area (Å²) in [6.07, 6.45) is 2.12. The van der Waals surface area contributed by atoms with Gasteiger partial charge in [-0.3, -0.25) is 9.59 Å². The van der Waals surface area contributed by atoms with Crippen LogP contribution < -0.4 is 10.6 Å². The minimum atomic E-state index is -0.751. The van der Waals surface area contributed by atoms with Crippen LogP contribution in [-0.4, -0.2) is 39.4 Å². The summed E-state index contributed by atoms with van der Waals surface area (Å²) in [7, 11) is 0. The molecule has 0 aliphatic heterocycles. The quantitative estimate of drug-likeness (QED) is 0.423. The molecular formula is C11H17N5O4. The van der Waals surface area contributed by atoms with Crippen LogP contribution in [0.1, 0.15) is 19.0 Å². The van der Waals surface area contributed by atoms with Crippen LogP contribution in [0.2, 0.25) is 0 Å². The predicted octanol–water partition coefficient (Wildman–Crippen LogP) is -0.258. The number of hydrogen-bond acceptors (Lipinski definition) is 5. The maximum atomic E-state index is 11.4. The number of aromatic nitrogens is 2. The van der Waals surface area contributed by atoms with E-state index in [2.05, 4.69) is 15.6 Å². The highest BCUT2D eigenvalue weighted by atomic mass is 16.6. The molecule has 1 aromatic heterocycles. The molecule has 0 saturated carbocycles. The molecule has 2 amide bonds. The summed E-state index contributed by atoms with van der Waals surface area (Å²) in [4.78, 5) is 36.5. The second kappa shape index (κ2) is 7.22. The maximum Gasteiger partial charge on any atom is 0.434 e. The Labute approximate surface area is 115 Å². The average molecular weight is 283 g/mol. The molecule has 1 heterocycles. The molecular weight excluding hydrogens is 266 g/mol. The monoisotopic (exact) mass is 283 g/mol. The van der Waals surface area contributed by atoms with Crippen molar-refractivity contribution in [1.29, 1.82) is 0 Å². The molecule has 0 saturated heterocycles. The van der Waals surface area contributed by atoms with Crippen molar-refractivity contribution in [2.45, 2.75) is 26.8 Å². The Hall–Kier alpha value is -2.45. The van der Waals surface area contributed by atoms with E-state index in [4.69, 9.17) is 0 Å². The smallest absolute Gasteiger partial charge is 0.390 e. The van der Waals surface area contributed by atoms with Gasteiger partial charge in [-0.05, 0) is 18.3 Å². The number of imidazole rings is 1.